The number of halogens is 1. The minimum Gasteiger partial charge on any atom is -0.308 e. The standard InChI is InChI=1S/C13H17ClN2/c14-11-3-1-2-10(8-11)13-9-16(7-6-15-13)12-4-5-12/h1-3,8,12-13,15H,4-7,9H2. The summed E-state index contributed by atoms with van der Waals surface area (Å²) >= 11 is 6.03. The number of hydrogen-bond acceptors (Lipinski definition) is 2. The van der Waals surface area contributed by atoms with Gasteiger partial charge in [-0.3, -0.25) is 4.90 Å². The topological polar surface area (TPSA) is 15.3 Å². The summed E-state index contributed by atoms with van der Waals surface area (Å²) < 4.78 is 0. The Morgan fingerprint density at radius 3 is 2.94 bits per heavy atom. The summed E-state index contributed by atoms with van der Waals surface area (Å²) in [6.07, 6.45) is 2.78. The van der Waals surface area contributed by atoms with Crippen molar-refractivity contribution in [3.05, 3.63) is 34.9 Å². The van der Waals surface area contributed by atoms with Crippen molar-refractivity contribution in [1.29, 1.82) is 0 Å². The summed E-state index contributed by atoms with van der Waals surface area (Å²) in [6.45, 7) is 3.42. The Morgan fingerprint density at radius 2 is 2.19 bits per heavy atom. The molecule has 1 atom stereocenters. The second-order valence-corrected chi connectivity index (χ2v) is 5.22. The summed E-state index contributed by atoms with van der Waals surface area (Å²) in [5.41, 5.74) is 1.32. The first-order valence-corrected chi connectivity index (χ1v) is 6.43. The molecule has 3 heteroatoms. The van der Waals surface area contributed by atoms with Crippen molar-refractivity contribution in [2.75, 3.05) is 19.6 Å². The molecule has 16 heavy (non-hydrogen) atoms. The van der Waals surface area contributed by atoms with Crippen LogP contribution in [-0.2, 0) is 0 Å². The summed E-state index contributed by atoms with van der Waals surface area (Å²) in [6, 6.07) is 9.54. The molecule has 0 aromatic heterocycles. The SMILES string of the molecule is Clc1cccc(C2CN(C3CC3)CCN2)c1. The van der Waals surface area contributed by atoms with Crippen LogP contribution < -0.4 is 5.32 Å². The highest BCUT2D eigenvalue weighted by Crippen LogP contribution is 2.30. The van der Waals surface area contributed by atoms with Crippen LogP contribution in [0.5, 0.6) is 0 Å². The molecule has 1 unspecified atom stereocenters. The van der Waals surface area contributed by atoms with Crippen LogP contribution in [0.3, 0.4) is 0 Å². The molecule has 2 fully saturated rings. The normalized spacial score (nSPS) is 26.9. The largest absolute Gasteiger partial charge is 0.308 e. The van der Waals surface area contributed by atoms with Crippen LogP contribution >= 0.6 is 11.6 Å². The number of piperazine rings is 1. The molecule has 1 aliphatic heterocycles. The Balaban J connectivity index is 1.73. The molecule has 0 amide bonds. The van der Waals surface area contributed by atoms with E-state index in [1.807, 2.05) is 12.1 Å². The second kappa shape index (κ2) is 4.36. The van der Waals surface area contributed by atoms with Crippen molar-refractivity contribution in [1.82, 2.24) is 10.2 Å². The summed E-state index contributed by atoms with van der Waals surface area (Å²) in [5.74, 6) is 0. The van der Waals surface area contributed by atoms with E-state index in [0.29, 0.717) is 6.04 Å². The maximum Gasteiger partial charge on any atom is 0.0450 e. The fourth-order valence-corrected chi connectivity index (χ4v) is 2.69. The van der Waals surface area contributed by atoms with E-state index in [-0.39, 0.29) is 0 Å². The molecule has 1 aromatic carbocycles. The van der Waals surface area contributed by atoms with Gasteiger partial charge in [0.1, 0.15) is 0 Å². The van der Waals surface area contributed by atoms with E-state index in [0.717, 1.165) is 24.2 Å². The van der Waals surface area contributed by atoms with Gasteiger partial charge in [-0.15, -0.1) is 0 Å². The second-order valence-electron chi connectivity index (χ2n) is 4.79. The van der Waals surface area contributed by atoms with Crippen LogP contribution in [0.25, 0.3) is 0 Å². The molecule has 1 aromatic rings. The number of rotatable bonds is 2. The third-order valence-electron chi connectivity index (χ3n) is 3.52. The summed E-state index contributed by atoms with van der Waals surface area (Å²) in [7, 11) is 0. The van der Waals surface area contributed by atoms with Gasteiger partial charge in [0.2, 0.25) is 0 Å². The van der Waals surface area contributed by atoms with Crippen LogP contribution in [0.4, 0.5) is 0 Å². The Bertz CT molecular complexity index is 376. The minimum atomic E-state index is 0.452. The Morgan fingerprint density at radius 1 is 1.31 bits per heavy atom. The highest BCUT2D eigenvalue weighted by molar-refractivity contribution is 6.30. The molecular formula is C13H17ClN2. The van der Waals surface area contributed by atoms with Gasteiger partial charge in [0.15, 0.2) is 0 Å². The van der Waals surface area contributed by atoms with E-state index in [9.17, 15) is 0 Å². The van der Waals surface area contributed by atoms with Gasteiger partial charge in [0, 0.05) is 36.7 Å². The van der Waals surface area contributed by atoms with Gasteiger partial charge in [0.25, 0.3) is 0 Å². The van der Waals surface area contributed by atoms with Crippen molar-refractivity contribution < 1.29 is 0 Å². The van der Waals surface area contributed by atoms with E-state index < -0.39 is 0 Å². The highest BCUT2D eigenvalue weighted by atomic mass is 35.5. The monoisotopic (exact) mass is 236 g/mol. The Hall–Kier alpha value is -0.570. The van der Waals surface area contributed by atoms with E-state index >= 15 is 0 Å². The maximum absolute atomic E-state index is 6.03. The quantitative estimate of drug-likeness (QED) is 0.849. The maximum atomic E-state index is 6.03. The molecule has 1 N–H and O–H groups in total. The van der Waals surface area contributed by atoms with Crippen LogP contribution in [-0.4, -0.2) is 30.6 Å². The summed E-state index contributed by atoms with van der Waals surface area (Å²) in [4.78, 5) is 2.61. The average Bonchev–Trinajstić information content (AvgIpc) is 3.13. The van der Waals surface area contributed by atoms with Gasteiger partial charge < -0.3 is 5.32 Å². The van der Waals surface area contributed by atoms with E-state index in [1.165, 1.54) is 24.9 Å². The minimum absolute atomic E-state index is 0.452. The molecule has 2 aliphatic rings. The third kappa shape index (κ3) is 2.24. The zero-order chi connectivity index (χ0) is 11.0. The molecule has 0 bridgehead atoms. The molecular weight excluding hydrogens is 220 g/mol. The van der Waals surface area contributed by atoms with E-state index in [4.69, 9.17) is 11.6 Å². The van der Waals surface area contributed by atoms with Gasteiger partial charge in [-0.2, -0.15) is 0 Å². The van der Waals surface area contributed by atoms with E-state index in [1.54, 1.807) is 0 Å². The lowest BCUT2D eigenvalue weighted by atomic mass is 10.0. The van der Waals surface area contributed by atoms with Crippen molar-refractivity contribution in [2.24, 2.45) is 0 Å². The number of nitrogens with zero attached hydrogens (tertiary/aromatic N) is 1. The van der Waals surface area contributed by atoms with Crippen LogP contribution in [0.1, 0.15) is 24.4 Å². The number of hydrogen-bond donors (Lipinski definition) is 1. The van der Waals surface area contributed by atoms with Crippen molar-refractivity contribution in [2.45, 2.75) is 24.9 Å². The predicted octanol–water partition coefficient (Wildman–Crippen LogP) is 2.45. The van der Waals surface area contributed by atoms with Crippen molar-refractivity contribution in [3.63, 3.8) is 0 Å². The molecule has 0 radical (unpaired) electrons. The van der Waals surface area contributed by atoms with Crippen LogP contribution in [0, 0.1) is 0 Å². The first kappa shape index (κ1) is 10.6. The van der Waals surface area contributed by atoms with Gasteiger partial charge in [-0.05, 0) is 30.5 Å². The lowest BCUT2D eigenvalue weighted by Crippen LogP contribution is -2.46. The number of nitrogens with one attached hydrogen (secondary N) is 1. The molecule has 2 nitrogen and oxygen atoms in total. The molecule has 0 spiro atoms. The first-order chi connectivity index (χ1) is 7.83. The van der Waals surface area contributed by atoms with Crippen LogP contribution in [0.2, 0.25) is 5.02 Å². The van der Waals surface area contributed by atoms with Gasteiger partial charge in [-0.25, -0.2) is 0 Å². The lowest BCUT2D eigenvalue weighted by Gasteiger charge is -2.34. The summed E-state index contributed by atoms with van der Waals surface area (Å²) in [5, 5.41) is 4.41. The van der Waals surface area contributed by atoms with E-state index in [2.05, 4.69) is 22.3 Å². The molecule has 86 valence electrons. The molecule has 1 saturated carbocycles. The average molecular weight is 237 g/mol. The van der Waals surface area contributed by atoms with Crippen LogP contribution in [0.15, 0.2) is 24.3 Å². The smallest absolute Gasteiger partial charge is 0.0450 e. The Kier molecular flexibility index (Phi) is 2.88. The molecule has 1 aliphatic carbocycles. The van der Waals surface area contributed by atoms with Gasteiger partial charge in [-0.1, -0.05) is 23.7 Å². The zero-order valence-corrected chi connectivity index (χ0v) is 10.1. The lowest BCUT2D eigenvalue weighted by molar-refractivity contribution is 0.192. The highest BCUT2D eigenvalue weighted by Gasteiger charge is 2.32. The number of benzene rings is 1. The van der Waals surface area contributed by atoms with Gasteiger partial charge in [0.05, 0.1) is 0 Å². The zero-order valence-electron chi connectivity index (χ0n) is 9.32. The fraction of sp³-hybridized carbons (Fsp3) is 0.538. The van der Waals surface area contributed by atoms with Crippen molar-refractivity contribution in [3.8, 4) is 0 Å². The van der Waals surface area contributed by atoms with Crippen molar-refractivity contribution >= 4 is 11.6 Å². The molecule has 1 heterocycles. The molecule has 1 saturated heterocycles. The Labute approximate surface area is 102 Å². The third-order valence-corrected chi connectivity index (χ3v) is 3.76. The molecule has 3 rings (SSSR count). The first-order valence-electron chi connectivity index (χ1n) is 6.06. The fourth-order valence-electron chi connectivity index (χ4n) is 2.49. The predicted molar refractivity (Wildman–Crippen MR) is 66.8 cm³/mol. The van der Waals surface area contributed by atoms with Gasteiger partial charge >= 0.3 is 0 Å².